The molecule has 174 valence electrons. The third kappa shape index (κ3) is 4.66. The van der Waals surface area contributed by atoms with Crippen LogP contribution in [-0.2, 0) is 9.53 Å². The average molecular weight is 466 g/mol. The van der Waals surface area contributed by atoms with Crippen LogP contribution in [0, 0.1) is 11.3 Å². The van der Waals surface area contributed by atoms with Gasteiger partial charge in [0.05, 0.1) is 29.0 Å². The van der Waals surface area contributed by atoms with Crippen molar-refractivity contribution < 1.29 is 19.1 Å². The van der Waals surface area contributed by atoms with E-state index in [9.17, 15) is 19.6 Å². The van der Waals surface area contributed by atoms with Crippen LogP contribution in [0.15, 0.2) is 84.0 Å². The summed E-state index contributed by atoms with van der Waals surface area (Å²) in [4.78, 5) is 40.4. The Balaban J connectivity index is 1.73. The van der Waals surface area contributed by atoms with E-state index in [2.05, 4.69) is 10.5 Å². The van der Waals surface area contributed by atoms with Gasteiger partial charge in [-0.1, -0.05) is 66.7 Å². The number of carbonyl (C=O) groups is 3. The molecule has 0 atom stereocenters. The van der Waals surface area contributed by atoms with Gasteiger partial charge in [0.1, 0.15) is 6.07 Å². The molecule has 1 N–H and O–H groups in total. The minimum Gasteiger partial charge on any atom is -0.458 e. The summed E-state index contributed by atoms with van der Waals surface area (Å²) in [7, 11) is 0. The zero-order valence-electron chi connectivity index (χ0n) is 19.1. The molecule has 3 aromatic rings. The maximum atomic E-state index is 13.7. The van der Waals surface area contributed by atoms with Crippen molar-refractivity contribution in [3.8, 4) is 6.07 Å². The number of hydrogen-bond donors (Lipinski definition) is 1. The number of hydrogen-bond acceptors (Lipinski definition) is 7. The summed E-state index contributed by atoms with van der Waals surface area (Å²) in [5.74, 6) is -1.85. The van der Waals surface area contributed by atoms with Crippen molar-refractivity contribution in [1.82, 2.24) is 4.90 Å². The van der Waals surface area contributed by atoms with Crippen molar-refractivity contribution in [1.29, 1.82) is 5.26 Å². The van der Waals surface area contributed by atoms with Crippen LogP contribution in [0.4, 0.5) is 5.69 Å². The second-order valence-corrected chi connectivity index (χ2v) is 8.07. The fourth-order valence-corrected chi connectivity index (χ4v) is 3.89. The first-order valence-electron chi connectivity index (χ1n) is 11.0. The number of hydrazone groups is 1. The lowest BCUT2D eigenvalue weighted by Gasteiger charge is -2.27. The highest BCUT2D eigenvalue weighted by Gasteiger charge is 2.42. The number of anilines is 1. The topological polar surface area (TPSA) is 112 Å². The molecule has 0 fully saturated rings. The molecule has 1 aliphatic heterocycles. The van der Waals surface area contributed by atoms with Crippen LogP contribution < -0.4 is 5.43 Å². The third-order valence-electron chi connectivity index (χ3n) is 5.37. The third-order valence-corrected chi connectivity index (χ3v) is 5.37. The number of fused-ring (bicyclic) bond motifs is 1. The van der Waals surface area contributed by atoms with Crippen molar-refractivity contribution in [3.05, 3.63) is 101 Å². The minimum atomic E-state index is -0.889. The lowest BCUT2D eigenvalue weighted by Crippen LogP contribution is -2.34. The lowest BCUT2D eigenvalue weighted by atomic mass is 9.97. The van der Waals surface area contributed by atoms with Crippen molar-refractivity contribution in [3.63, 3.8) is 0 Å². The van der Waals surface area contributed by atoms with Crippen LogP contribution in [0.3, 0.4) is 0 Å². The Bertz CT molecular complexity index is 1310. The van der Waals surface area contributed by atoms with Crippen LogP contribution in [0.2, 0.25) is 0 Å². The van der Waals surface area contributed by atoms with Crippen LogP contribution in [0.1, 0.15) is 51.7 Å². The number of ether oxygens (including phenoxy) is 1. The van der Waals surface area contributed by atoms with Crippen LogP contribution in [0.5, 0.6) is 0 Å². The van der Waals surface area contributed by atoms with E-state index in [1.807, 2.05) is 60.7 Å². The Morgan fingerprint density at radius 2 is 1.51 bits per heavy atom. The highest BCUT2D eigenvalue weighted by Crippen LogP contribution is 2.38. The van der Waals surface area contributed by atoms with Crippen LogP contribution >= 0.6 is 0 Å². The largest absolute Gasteiger partial charge is 0.458 e. The number of benzene rings is 3. The number of nitriles is 1. The van der Waals surface area contributed by atoms with Gasteiger partial charge in [0.2, 0.25) is 5.71 Å². The first-order valence-corrected chi connectivity index (χ1v) is 11.0. The van der Waals surface area contributed by atoms with Gasteiger partial charge in [0.15, 0.2) is 0 Å². The number of nitrogens with zero attached hydrogens (tertiary/aromatic N) is 3. The van der Waals surface area contributed by atoms with E-state index in [-0.39, 0.29) is 16.8 Å². The van der Waals surface area contributed by atoms with E-state index in [0.717, 1.165) is 11.1 Å². The van der Waals surface area contributed by atoms with E-state index in [1.54, 1.807) is 38.1 Å². The molecular weight excluding hydrogens is 444 g/mol. The molecule has 0 radical (unpaired) electrons. The van der Waals surface area contributed by atoms with E-state index >= 15 is 0 Å². The molecule has 35 heavy (non-hydrogen) atoms. The number of carbonyl (C=O) groups excluding carboxylic acids is 3. The van der Waals surface area contributed by atoms with Crippen LogP contribution in [-0.4, -0.2) is 34.5 Å². The number of esters is 1. The van der Waals surface area contributed by atoms with Crippen molar-refractivity contribution >= 4 is 29.2 Å². The summed E-state index contributed by atoms with van der Waals surface area (Å²) in [6.45, 7) is 3.30. The zero-order chi connectivity index (χ0) is 24.9. The lowest BCUT2D eigenvalue weighted by molar-refractivity contribution is -0.138. The van der Waals surface area contributed by atoms with Gasteiger partial charge < -0.3 is 4.74 Å². The molecule has 0 aromatic heterocycles. The Hall–Kier alpha value is -4.77. The Morgan fingerprint density at radius 3 is 2.06 bits per heavy atom. The van der Waals surface area contributed by atoms with Crippen molar-refractivity contribution in [2.75, 3.05) is 5.43 Å². The highest BCUT2D eigenvalue weighted by atomic mass is 16.5. The number of amides is 2. The van der Waals surface area contributed by atoms with Gasteiger partial charge in [0, 0.05) is 0 Å². The second-order valence-electron chi connectivity index (χ2n) is 8.07. The van der Waals surface area contributed by atoms with Crippen molar-refractivity contribution in [2.24, 2.45) is 5.10 Å². The molecule has 2 amide bonds. The Kier molecular flexibility index (Phi) is 6.69. The second kappa shape index (κ2) is 10.0. The van der Waals surface area contributed by atoms with E-state index in [1.165, 1.54) is 4.90 Å². The smallest absolute Gasteiger partial charge is 0.370 e. The summed E-state index contributed by atoms with van der Waals surface area (Å²) >= 11 is 0. The molecule has 0 bridgehead atoms. The molecular formula is C27H22N4O4. The van der Waals surface area contributed by atoms with Gasteiger partial charge in [-0.15, -0.1) is 0 Å². The molecule has 8 heteroatoms. The number of nitrogens with one attached hydrogen (secondary N) is 1. The molecule has 0 aliphatic carbocycles. The summed E-state index contributed by atoms with van der Waals surface area (Å²) in [6.07, 6.45) is -0.428. The molecule has 0 saturated carbocycles. The van der Waals surface area contributed by atoms with E-state index in [4.69, 9.17) is 4.74 Å². The van der Waals surface area contributed by atoms with E-state index < -0.39 is 35.6 Å². The molecule has 0 spiro atoms. The van der Waals surface area contributed by atoms with Gasteiger partial charge in [-0.3, -0.25) is 19.9 Å². The molecule has 1 heterocycles. The van der Waals surface area contributed by atoms with Gasteiger partial charge in [-0.2, -0.15) is 10.4 Å². The summed E-state index contributed by atoms with van der Waals surface area (Å²) in [6, 6.07) is 24.4. The van der Waals surface area contributed by atoms with Gasteiger partial charge in [-0.05, 0) is 37.1 Å². The van der Waals surface area contributed by atoms with E-state index in [0.29, 0.717) is 0 Å². The predicted octanol–water partition coefficient (Wildman–Crippen LogP) is 4.32. The molecule has 8 nitrogen and oxygen atoms in total. The standard InChI is InChI=1S/C27H22N4O4/c1-17(2)35-27(34)22(16-28)30-29-21-15-9-14-20-23(21)26(33)31(25(20)32)24(18-10-5-3-6-11-18)19-12-7-4-8-13-19/h3-15,17,24,29H,1-2H3. The van der Waals surface area contributed by atoms with Gasteiger partial charge in [-0.25, -0.2) is 4.79 Å². The number of imide groups is 1. The summed E-state index contributed by atoms with van der Waals surface area (Å²) < 4.78 is 5.01. The molecule has 0 saturated heterocycles. The maximum absolute atomic E-state index is 13.7. The Morgan fingerprint density at radius 1 is 0.914 bits per heavy atom. The summed E-state index contributed by atoms with van der Waals surface area (Å²) in [5, 5.41) is 13.1. The normalized spacial score (nSPS) is 13.1. The van der Waals surface area contributed by atoms with Crippen molar-refractivity contribution in [2.45, 2.75) is 26.0 Å². The maximum Gasteiger partial charge on any atom is 0.370 e. The molecule has 3 aromatic carbocycles. The first-order chi connectivity index (χ1) is 16.9. The predicted molar refractivity (Wildman–Crippen MR) is 130 cm³/mol. The minimum absolute atomic E-state index is 0.118. The molecule has 0 unspecified atom stereocenters. The summed E-state index contributed by atoms with van der Waals surface area (Å²) in [5.41, 5.74) is 4.19. The molecule has 4 rings (SSSR count). The Labute approximate surface area is 202 Å². The monoisotopic (exact) mass is 466 g/mol. The number of rotatable bonds is 7. The molecule has 1 aliphatic rings. The first kappa shape index (κ1) is 23.4. The average Bonchev–Trinajstić information content (AvgIpc) is 3.11. The zero-order valence-corrected chi connectivity index (χ0v) is 19.1. The van der Waals surface area contributed by atoms with Gasteiger partial charge >= 0.3 is 5.97 Å². The fraction of sp³-hybridized carbons (Fsp3) is 0.148. The van der Waals surface area contributed by atoms with Gasteiger partial charge in [0.25, 0.3) is 11.8 Å². The fourth-order valence-electron chi connectivity index (χ4n) is 3.89. The quantitative estimate of drug-likeness (QED) is 0.240. The highest BCUT2D eigenvalue weighted by molar-refractivity contribution is 6.43. The SMILES string of the molecule is CC(C)OC(=O)C(C#N)=NNc1cccc2c1C(=O)N(C(c1ccccc1)c1ccccc1)C2=O. The van der Waals surface area contributed by atoms with Crippen LogP contribution in [0.25, 0.3) is 0 Å².